The van der Waals surface area contributed by atoms with Gasteiger partial charge in [0.2, 0.25) is 5.91 Å². The molecule has 1 saturated heterocycles. The van der Waals surface area contributed by atoms with Gasteiger partial charge in [-0.25, -0.2) is 8.78 Å². The number of carbonyl (C=O) groups excluding carboxylic acids is 1. The van der Waals surface area contributed by atoms with Gasteiger partial charge in [0, 0.05) is 44.4 Å². The number of amides is 1. The molecule has 150 valence electrons. The van der Waals surface area contributed by atoms with Crippen LogP contribution in [0, 0.1) is 11.6 Å². The van der Waals surface area contributed by atoms with E-state index >= 15 is 0 Å². The third kappa shape index (κ3) is 5.59. The number of carbonyl (C=O) groups is 1. The van der Waals surface area contributed by atoms with E-state index in [4.69, 9.17) is 0 Å². The fraction of sp³-hybridized carbons (Fsp3) is 0.409. The third-order valence-electron chi connectivity index (χ3n) is 5.18. The Morgan fingerprint density at radius 1 is 0.893 bits per heavy atom. The van der Waals surface area contributed by atoms with Crippen LogP contribution in [-0.4, -0.2) is 60.4 Å². The number of hydrogen-bond donors (Lipinski definition) is 0. The zero-order chi connectivity index (χ0) is 19.9. The number of halogens is 2. The highest BCUT2D eigenvalue weighted by Gasteiger charge is 2.20. The van der Waals surface area contributed by atoms with Gasteiger partial charge in [0.05, 0.1) is 6.54 Å². The molecule has 1 aliphatic rings. The van der Waals surface area contributed by atoms with Gasteiger partial charge in [-0.2, -0.15) is 0 Å². The van der Waals surface area contributed by atoms with Crippen molar-refractivity contribution < 1.29 is 13.6 Å². The quantitative estimate of drug-likeness (QED) is 0.762. The van der Waals surface area contributed by atoms with E-state index in [-0.39, 0.29) is 24.1 Å². The third-order valence-corrected chi connectivity index (χ3v) is 5.18. The maximum Gasteiger partial charge on any atom is 0.236 e. The Morgan fingerprint density at radius 2 is 1.46 bits per heavy atom. The van der Waals surface area contributed by atoms with Gasteiger partial charge in [0.1, 0.15) is 11.6 Å². The molecule has 4 nitrogen and oxygen atoms in total. The number of rotatable bonds is 6. The molecule has 1 fully saturated rings. The molecule has 2 aromatic rings. The molecule has 2 aromatic carbocycles. The fourth-order valence-corrected chi connectivity index (χ4v) is 3.49. The molecule has 0 bridgehead atoms. The van der Waals surface area contributed by atoms with Crippen LogP contribution in [-0.2, 0) is 17.9 Å². The second kappa shape index (κ2) is 9.75. The minimum absolute atomic E-state index is 0.0224. The standard InChI is InChI=1S/C22H27F2N3O/c1-25(15-18-7-2-4-9-20(18)23)22(28)17-27-12-6-11-26(13-14-27)16-19-8-3-5-10-21(19)24/h2-5,7-10H,6,11-17H2,1H3. The van der Waals surface area contributed by atoms with E-state index in [0.29, 0.717) is 24.2 Å². The van der Waals surface area contributed by atoms with Gasteiger partial charge in [-0.15, -0.1) is 0 Å². The van der Waals surface area contributed by atoms with Crippen molar-refractivity contribution in [2.45, 2.75) is 19.5 Å². The highest BCUT2D eigenvalue weighted by molar-refractivity contribution is 5.78. The molecular weight excluding hydrogens is 360 g/mol. The van der Waals surface area contributed by atoms with Crippen molar-refractivity contribution in [3.05, 3.63) is 71.3 Å². The van der Waals surface area contributed by atoms with E-state index in [9.17, 15) is 13.6 Å². The van der Waals surface area contributed by atoms with Gasteiger partial charge in [-0.3, -0.25) is 14.6 Å². The lowest BCUT2D eigenvalue weighted by molar-refractivity contribution is -0.131. The van der Waals surface area contributed by atoms with Crippen LogP contribution in [0.15, 0.2) is 48.5 Å². The zero-order valence-electron chi connectivity index (χ0n) is 16.3. The highest BCUT2D eigenvalue weighted by atomic mass is 19.1. The summed E-state index contributed by atoms with van der Waals surface area (Å²) in [5.41, 5.74) is 1.22. The maximum absolute atomic E-state index is 13.9. The summed E-state index contributed by atoms with van der Waals surface area (Å²) in [5.74, 6) is -0.486. The summed E-state index contributed by atoms with van der Waals surface area (Å²) in [5, 5.41) is 0. The van der Waals surface area contributed by atoms with Crippen LogP contribution < -0.4 is 0 Å². The van der Waals surface area contributed by atoms with Crippen molar-refractivity contribution in [2.75, 3.05) is 39.8 Å². The van der Waals surface area contributed by atoms with E-state index in [2.05, 4.69) is 9.80 Å². The molecule has 6 heteroatoms. The zero-order valence-corrected chi connectivity index (χ0v) is 16.3. The monoisotopic (exact) mass is 387 g/mol. The van der Waals surface area contributed by atoms with Gasteiger partial charge in [-0.1, -0.05) is 36.4 Å². The topological polar surface area (TPSA) is 26.8 Å². The van der Waals surface area contributed by atoms with Crippen molar-refractivity contribution in [1.82, 2.24) is 14.7 Å². The summed E-state index contributed by atoms with van der Waals surface area (Å²) in [6.07, 6.45) is 0.929. The van der Waals surface area contributed by atoms with Crippen LogP contribution in [0.3, 0.4) is 0 Å². The largest absolute Gasteiger partial charge is 0.340 e. The van der Waals surface area contributed by atoms with Gasteiger partial charge in [0.25, 0.3) is 0 Å². The number of likely N-dealkylation sites (N-methyl/N-ethyl adjacent to an activating group) is 1. The predicted octanol–water partition coefficient (Wildman–Crippen LogP) is 3.13. The molecule has 0 N–H and O–H groups in total. The van der Waals surface area contributed by atoms with Gasteiger partial charge < -0.3 is 4.90 Å². The SMILES string of the molecule is CN(Cc1ccccc1F)C(=O)CN1CCCN(Cc2ccccc2F)CC1. The lowest BCUT2D eigenvalue weighted by Crippen LogP contribution is -2.40. The minimum Gasteiger partial charge on any atom is -0.340 e. The average Bonchev–Trinajstić information content (AvgIpc) is 2.90. The van der Waals surface area contributed by atoms with Crippen molar-refractivity contribution in [3.8, 4) is 0 Å². The highest BCUT2D eigenvalue weighted by Crippen LogP contribution is 2.13. The fourth-order valence-electron chi connectivity index (χ4n) is 3.49. The summed E-state index contributed by atoms with van der Waals surface area (Å²) in [6, 6.07) is 13.4. The molecule has 1 heterocycles. The Morgan fingerprint density at radius 3 is 2.14 bits per heavy atom. The Labute approximate surface area is 165 Å². The Kier molecular flexibility index (Phi) is 7.12. The molecule has 0 atom stereocenters. The smallest absolute Gasteiger partial charge is 0.236 e. The Balaban J connectivity index is 1.49. The van der Waals surface area contributed by atoms with Crippen LogP contribution in [0.2, 0.25) is 0 Å². The first kappa shape index (κ1) is 20.4. The van der Waals surface area contributed by atoms with Gasteiger partial charge in [0.15, 0.2) is 0 Å². The average molecular weight is 387 g/mol. The summed E-state index contributed by atoms with van der Waals surface area (Å²) in [6.45, 7) is 4.42. The molecule has 0 saturated carbocycles. The van der Waals surface area contributed by atoms with Crippen molar-refractivity contribution in [2.24, 2.45) is 0 Å². The normalized spacial score (nSPS) is 16.0. The van der Waals surface area contributed by atoms with Crippen molar-refractivity contribution >= 4 is 5.91 Å². The second-order valence-electron chi connectivity index (χ2n) is 7.34. The summed E-state index contributed by atoms with van der Waals surface area (Å²) in [7, 11) is 1.71. The lowest BCUT2D eigenvalue weighted by Gasteiger charge is -2.24. The minimum atomic E-state index is -0.291. The molecule has 0 radical (unpaired) electrons. The van der Waals surface area contributed by atoms with Gasteiger partial charge in [-0.05, 0) is 31.6 Å². The van der Waals surface area contributed by atoms with Crippen LogP contribution in [0.4, 0.5) is 8.78 Å². The molecule has 0 aliphatic carbocycles. The first-order valence-corrected chi connectivity index (χ1v) is 9.68. The molecule has 1 aliphatic heterocycles. The molecular formula is C22H27F2N3O. The predicted molar refractivity (Wildman–Crippen MR) is 106 cm³/mol. The maximum atomic E-state index is 13.9. The lowest BCUT2D eigenvalue weighted by atomic mass is 10.2. The molecule has 0 aromatic heterocycles. The first-order chi connectivity index (χ1) is 13.5. The van der Waals surface area contributed by atoms with Crippen LogP contribution in [0.5, 0.6) is 0 Å². The van der Waals surface area contributed by atoms with Crippen LogP contribution >= 0.6 is 0 Å². The molecule has 0 spiro atoms. The number of hydrogen-bond acceptors (Lipinski definition) is 3. The van der Waals surface area contributed by atoms with E-state index in [1.165, 1.54) is 12.1 Å². The molecule has 0 unspecified atom stereocenters. The van der Waals surface area contributed by atoms with Crippen molar-refractivity contribution in [3.63, 3.8) is 0 Å². The number of benzene rings is 2. The summed E-state index contributed by atoms with van der Waals surface area (Å²) >= 11 is 0. The number of nitrogens with zero attached hydrogens (tertiary/aromatic N) is 3. The van der Waals surface area contributed by atoms with E-state index < -0.39 is 0 Å². The van der Waals surface area contributed by atoms with E-state index in [0.717, 1.165) is 32.6 Å². The molecule has 1 amide bonds. The second-order valence-corrected chi connectivity index (χ2v) is 7.34. The molecule has 28 heavy (non-hydrogen) atoms. The summed E-state index contributed by atoms with van der Waals surface area (Å²) < 4.78 is 27.7. The Hall–Kier alpha value is -2.31. The first-order valence-electron chi connectivity index (χ1n) is 9.68. The summed E-state index contributed by atoms with van der Waals surface area (Å²) in [4.78, 5) is 18.5. The Bertz CT molecular complexity index is 799. The van der Waals surface area contributed by atoms with Gasteiger partial charge >= 0.3 is 0 Å². The van der Waals surface area contributed by atoms with Crippen LogP contribution in [0.1, 0.15) is 17.5 Å². The van der Waals surface area contributed by atoms with E-state index in [1.54, 1.807) is 36.2 Å². The molecule has 3 rings (SSSR count). The van der Waals surface area contributed by atoms with E-state index in [1.807, 2.05) is 12.1 Å². The van der Waals surface area contributed by atoms with Crippen molar-refractivity contribution in [1.29, 1.82) is 0 Å². The van der Waals surface area contributed by atoms with Crippen LogP contribution in [0.25, 0.3) is 0 Å².